The number of Topliss-reactive ketones (excluding diaryl/α,β-unsaturated/α-hetero) is 1. The van der Waals surface area contributed by atoms with Gasteiger partial charge in [0.15, 0.2) is 5.78 Å². The lowest BCUT2D eigenvalue weighted by Crippen LogP contribution is -2.14. The van der Waals surface area contributed by atoms with Crippen molar-refractivity contribution in [3.8, 4) is 0 Å². The zero-order chi connectivity index (χ0) is 9.42. The summed E-state index contributed by atoms with van der Waals surface area (Å²) in [6.45, 7) is 4.10. The van der Waals surface area contributed by atoms with Crippen LogP contribution >= 0.6 is 11.8 Å². The van der Waals surface area contributed by atoms with Crippen molar-refractivity contribution in [3.63, 3.8) is 0 Å². The number of fused-ring (bicyclic) bond motifs is 1. The van der Waals surface area contributed by atoms with Crippen molar-refractivity contribution >= 4 is 17.5 Å². The van der Waals surface area contributed by atoms with Crippen LogP contribution in [0.25, 0.3) is 0 Å². The first kappa shape index (κ1) is 8.82. The van der Waals surface area contributed by atoms with Gasteiger partial charge in [0.1, 0.15) is 0 Å². The standard InChI is InChI=1S/C11H12OS/c1-7-3-4-8(2)11-9(7)5-13-6-10(11)12/h3-4H,5-6H2,1-2H3. The van der Waals surface area contributed by atoms with Crippen LogP contribution in [0.2, 0.25) is 0 Å². The molecule has 1 aliphatic rings. The average Bonchev–Trinajstić information content (AvgIpc) is 2.12. The van der Waals surface area contributed by atoms with Gasteiger partial charge in [-0.3, -0.25) is 4.79 Å². The Bertz CT molecular complexity index is 369. The summed E-state index contributed by atoms with van der Waals surface area (Å²) in [4.78, 5) is 11.6. The van der Waals surface area contributed by atoms with Crippen molar-refractivity contribution < 1.29 is 4.79 Å². The van der Waals surface area contributed by atoms with Crippen molar-refractivity contribution in [2.24, 2.45) is 0 Å². The second kappa shape index (κ2) is 3.18. The van der Waals surface area contributed by atoms with Crippen LogP contribution in [0.3, 0.4) is 0 Å². The Morgan fingerprint density at radius 1 is 1.15 bits per heavy atom. The quantitative estimate of drug-likeness (QED) is 0.628. The maximum atomic E-state index is 11.6. The third-order valence-electron chi connectivity index (χ3n) is 2.51. The summed E-state index contributed by atoms with van der Waals surface area (Å²) in [5.41, 5.74) is 4.62. The molecule has 1 aromatic carbocycles. The number of hydrogen-bond acceptors (Lipinski definition) is 2. The van der Waals surface area contributed by atoms with E-state index in [1.807, 2.05) is 13.0 Å². The molecular formula is C11H12OS. The van der Waals surface area contributed by atoms with Gasteiger partial charge in [-0.15, -0.1) is 11.8 Å². The highest BCUT2D eigenvalue weighted by Gasteiger charge is 2.20. The van der Waals surface area contributed by atoms with E-state index >= 15 is 0 Å². The van der Waals surface area contributed by atoms with E-state index in [1.165, 1.54) is 11.1 Å². The largest absolute Gasteiger partial charge is 0.293 e. The molecule has 1 aliphatic heterocycles. The Morgan fingerprint density at radius 2 is 1.85 bits per heavy atom. The van der Waals surface area contributed by atoms with Gasteiger partial charge in [-0.2, -0.15) is 0 Å². The average molecular weight is 192 g/mol. The van der Waals surface area contributed by atoms with Gasteiger partial charge in [-0.05, 0) is 30.5 Å². The Hall–Kier alpha value is -0.760. The number of benzene rings is 1. The first-order valence-electron chi connectivity index (χ1n) is 4.40. The maximum Gasteiger partial charge on any atom is 0.173 e. The molecule has 0 N–H and O–H groups in total. The molecule has 0 saturated heterocycles. The van der Waals surface area contributed by atoms with Crippen LogP contribution < -0.4 is 0 Å². The van der Waals surface area contributed by atoms with Gasteiger partial charge in [0.25, 0.3) is 0 Å². The number of aryl methyl sites for hydroxylation is 2. The summed E-state index contributed by atoms with van der Waals surface area (Å²) in [5.74, 6) is 1.94. The fraction of sp³-hybridized carbons (Fsp3) is 0.364. The van der Waals surface area contributed by atoms with E-state index in [1.54, 1.807) is 11.8 Å². The van der Waals surface area contributed by atoms with E-state index in [0.717, 1.165) is 16.9 Å². The zero-order valence-corrected chi connectivity index (χ0v) is 8.70. The molecule has 0 radical (unpaired) electrons. The topological polar surface area (TPSA) is 17.1 Å². The van der Waals surface area contributed by atoms with Crippen LogP contribution in [-0.4, -0.2) is 11.5 Å². The molecule has 2 rings (SSSR count). The molecule has 0 aromatic heterocycles. The number of carbonyl (C=O) groups excluding carboxylic acids is 1. The van der Waals surface area contributed by atoms with Gasteiger partial charge in [0, 0.05) is 11.3 Å². The molecule has 2 heteroatoms. The lowest BCUT2D eigenvalue weighted by atomic mass is 9.95. The summed E-state index contributed by atoms with van der Waals surface area (Å²) in [7, 11) is 0. The highest BCUT2D eigenvalue weighted by atomic mass is 32.2. The third-order valence-corrected chi connectivity index (χ3v) is 3.47. The van der Waals surface area contributed by atoms with E-state index < -0.39 is 0 Å². The first-order chi connectivity index (χ1) is 6.20. The number of thioether (sulfide) groups is 1. The van der Waals surface area contributed by atoms with Crippen molar-refractivity contribution in [2.75, 3.05) is 5.75 Å². The minimum atomic E-state index is 0.299. The Morgan fingerprint density at radius 3 is 2.54 bits per heavy atom. The summed E-state index contributed by atoms with van der Waals surface area (Å²) < 4.78 is 0. The Kier molecular flexibility index (Phi) is 2.16. The number of carbonyl (C=O) groups is 1. The molecule has 0 spiro atoms. The summed E-state index contributed by atoms with van der Waals surface area (Å²) >= 11 is 1.72. The minimum absolute atomic E-state index is 0.299. The highest BCUT2D eigenvalue weighted by Crippen LogP contribution is 2.29. The molecule has 68 valence electrons. The molecule has 1 nitrogen and oxygen atoms in total. The lowest BCUT2D eigenvalue weighted by Gasteiger charge is -2.18. The highest BCUT2D eigenvalue weighted by molar-refractivity contribution is 7.99. The van der Waals surface area contributed by atoms with Crippen LogP contribution in [0.1, 0.15) is 27.0 Å². The molecular weight excluding hydrogens is 180 g/mol. The molecule has 13 heavy (non-hydrogen) atoms. The predicted octanol–water partition coefficient (Wildman–Crippen LogP) is 2.73. The molecule has 0 unspecified atom stereocenters. The fourth-order valence-electron chi connectivity index (χ4n) is 1.76. The van der Waals surface area contributed by atoms with Crippen LogP contribution in [0.5, 0.6) is 0 Å². The fourth-order valence-corrected chi connectivity index (χ4v) is 2.77. The normalized spacial score (nSPS) is 15.7. The summed E-state index contributed by atoms with van der Waals surface area (Å²) in [5, 5.41) is 0. The molecule has 0 atom stereocenters. The number of hydrogen-bond donors (Lipinski definition) is 0. The zero-order valence-electron chi connectivity index (χ0n) is 7.89. The Balaban J connectivity index is 2.67. The molecule has 1 heterocycles. The van der Waals surface area contributed by atoms with E-state index in [0.29, 0.717) is 11.5 Å². The SMILES string of the molecule is Cc1ccc(C)c2c1CSCC2=O. The molecule has 0 bridgehead atoms. The second-order valence-electron chi connectivity index (χ2n) is 3.47. The van der Waals surface area contributed by atoms with Gasteiger partial charge in [-0.25, -0.2) is 0 Å². The van der Waals surface area contributed by atoms with Gasteiger partial charge >= 0.3 is 0 Å². The Labute approximate surface area is 82.5 Å². The van der Waals surface area contributed by atoms with Crippen LogP contribution in [-0.2, 0) is 5.75 Å². The number of ketones is 1. The minimum Gasteiger partial charge on any atom is -0.293 e. The third kappa shape index (κ3) is 1.39. The van der Waals surface area contributed by atoms with Gasteiger partial charge in [0.05, 0.1) is 5.75 Å². The molecule has 1 aromatic rings. The second-order valence-corrected chi connectivity index (χ2v) is 4.45. The van der Waals surface area contributed by atoms with Gasteiger partial charge in [0.2, 0.25) is 0 Å². The van der Waals surface area contributed by atoms with Gasteiger partial charge in [-0.1, -0.05) is 12.1 Å². The molecule has 0 aliphatic carbocycles. The van der Waals surface area contributed by atoms with E-state index in [4.69, 9.17) is 0 Å². The van der Waals surface area contributed by atoms with E-state index in [9.17, 15) is 4.79 Å². The first-order valence-corrected chi connectivity index (χ1v) is 5.55. The molecule has 0 fully saturated rings. The smallest absolute Gasteiger partial charge is 0.173 e. The van der Waals surface area contributed by atoms with Crippen LogP contribution in [0.15, 0.2) is 12.1 Å². The van der Waals surface area contributed by atoms with E-state index in [-0.39, 0.29) is 0 Å². The summed E-state index contributed by atoms with van der Waals surface area (Å²) in [6, 6.07) is 4.15. The maximum absolute atomic E-state index is 11.6. The van der Waals surface area contributed by atoms with Crippen LogP contribution in [0.4, 0.5) is 0 Å². The monoisotopic (exact) mass is 192 g/mol. The van der Waals surface area contributed by atoms with Crippen molar-refractivity contribution in [2.45, 2.75) is 19.6 Å². The molecule has 0 saturated carbocycles. The van der Waals surface area contributed by atoms with Gasteiger partial charge < -0.3 is 0 Å². The predicted molar refractivity (Wildman–Crippen MR) is 56.4 cm³/mol. The van der Waals surface area contributed by atoms with E-state index in [2.05, 4.69) is 13.0 Å². The molecule has 0 amide bonds. The van der Waals surface area contributed by atoms with Crippen molar-refractivity contribution in [1.82, 2.24) is 0 Å². The van der Waals surface area contributed by atoms with Crippen molar-refractivity contribution in [1.29, 1.82) is 0 Å². The lowest BCUT2D eigenvalue weighted by molar-refractivity contribution is 0.102. The summed E-state index contributed by atoms with van der Waals surface area (Å²) in [6.07, 6.45) is 0. The number of rotatable bonds is 0. The van der Waals surface area contributed by atoms with Crippen molar-refractivity contribution in [3.05, 3.63) is 34.4 Å². The van der Waals surface area contributed by atoms with Crippen LogP contribution in [0, 0.1) is 13.8 Å².